The molecule has 1 amide bonds. The zero-order valence-corrected chi connectivity index (χ0v) is 11.0. The first-order valence-corrected chi connectivity index (χ1v) is 6.54. The number of amides is 1. The maximum absolute atomic E-state index is 11.2. The molecular weight excluding hydrogens is 246 g/mol. The second-order valence-corrected chi connectivity index (χ2v) is 5.15. The van der Waals surface area contributed by atoms with Crippen LogP contribution in [0.2, 0.25) is 0 Å². The summed E-state index contributed by atoms with van der Waals surface area (Å²) in [5, 5.41) is 2.91. The quantitative estimate of drug-likeness (QED) is 0.775. The number of benzene rings is 1. The second-order valence-electron chi connectivity index (χ2n) is 4.77. The molecule has 0 bridgehead atoms. The number of rotatable bonds is 1. The smallest absolute Gasteiger partial charge is 0.220 e. The Hall–Kier alpha value is -1.62. The standard InChI is InChI=1S/C13H15N3OS/c1-8-3-2-4-10-12(8)16(13(18)15-10)9-5-6-11(17)14-7-9/h2-4,9H,5-7H2,1H3,(H,14,17)(H,15,18). The van der Waals surface area contributed by atoms with Gasteiger partial charge in [0.2, 0.25) is 5.91 Å². The van der Waals surface area contributed by atoms with E-state index in [4.69, 9.17) is 12.2 Å². The van der Waals surface area contributed by atoms with Crippen molar-refractivity contribution in [3.63, 3.8) is 0 Å². The van der Waals surface area contributed by atoms with E-state index in [1.54, 1.807) is 0 Å². The first-order valence-electron chi connectivity index (χ1n) is 6.13. The zero-order chi connectivity index (χ0) is 12.7. The van der Waals surface area contributed by atoms with E-state index in [-0.39, 0.29) is 11.9 Å². The molecule has 2 N–H and O–H groups in total. The van der Waals surface area contributed by atoms with E-state index in [9.17, 15) is 4.79 Å². The predicted molar refractivity (Wildman–Crippen MR) is 73.1 cm³/mol. The van der Waals surface area contributed by atoms with Crippen LogP contribution in [0.5, 0.6) is 0 Å². The number of carbonyl (C=O) groups is 1. The van der Waals surface area contributed by atoms with Crippen molar-refractivity contribution < 1.29 is 4.79 Å². The molecule has 1 saturated heterocycles. The molecule has 4 nitrogen and oxygen atoms in total. The minimum atomic E-state index is 0.134. The highest BCUT2D eigenvalue weighted by Gasteiger charge is 2.22. The molecule has 1 aliphatic rings. The number of aryl methyl sites for hydroxylation is 1. The molecule has 0 saturated carbocycles. The Morgan fingerprint density at radius 2 is 2.28 bits per heavy atom. The molecule has 0 radical (unpaired) electrons. The van der Waals surface area contributed by atoms with Gasteiger partial charge in [0.15, 0.2) is 4.77 Å². The Morgan fingerprint density at radius 3 is 3.00 bits per heavy atom. The van der Waals surface area contributed by atoms with Gasteiger partial charge in [-0.15, -0.1) is 0 Å². The van der Waals surface area contributed by atoms with Crippen molar-refractivity contribution in [2.45, 2.75) is 25.8 Å². The summed E-state index contributed by atoms with van der Waals surface area (Å²) in [5.74, 6) is 0.134. The van der Waals surface area contributed by atoms with E-state index >= 15 is 0 Å². The van der Waals surface area contributed by atoms with E-state index in [2.05, 4.69) is 27.9 Å². The lowest BCUT2D eigenvalue weighted by atomic mass is 10.1. The molecule has 94 valence electrons. The highest BCUT2D eigenvalue weighted by atomic mass is 32.1. The second kappa shape index (κ2) is 4.24. The summed E-state index contributed by atoms with van der Waals surface area (Å²) in [7, 11) is 0. The summed E-state index contributed by atoms with van der Waals surface area (Å²) in [5.41, 5.74) is 3.43. The maximum atomic E-state index is 11.2. The third kappa shape index (κ3) is 1.75. The summed E-state index contributed by atoms with van der Waals surface area (Å²) in [4.78, 5) is 14.5. The van der Waals surface area contributed by atoms with Crippen molar-refractivity contribution in [1.29, 1.82) is 0 Å². The molecule has 1 atom stereocenters. The Kier molecular flexibility index (Phi) is 2.70. The number of nitrogens with zero attached hydrogens (tertiary/aromatic N) is 1. The molecule has 18 heavy (non-hydrogen) atoms. The van der Waals surface area contributed by atoms with Crippen molar-refractivity contribution in [3.8, 4) is 0 Å². The SMILES string of the molecule is Cc1cccc2[nH]c(=S)n(C3CCC(=O)NC3)c12. The van der Waals surface area contributed by atoms with Crippen LogP contribution in [0.1, 0.15) is 24.4 Å². The summed E-state index contributed by atoms with van der Waals surface area (Å²) in [6.45, 7) is 2.75. The number of nitrogens with one attached hydrogen (secondary N) is 2. The number of hydrogen-bond acceptors (Lipinski definition) is 2. The molecule has 1 aromatic heterocycles. The topological polar surface area (TPSA) is 49.8 Å². The highest BCUT2D eigenvalue weighted by molar-refractivity contribution is 7.71. The van der Waals surface area contributed by atoms with Crippen LogP contribution < -0.4 is 5.32 Å². The largest absolute Gasteiger partial charge is 0.354 e. The number of fused-ring (bicyclic) bond motifs is 1. The van der Waals surface area contributed by atoms with Crippen LogP contribution in [0.25, 0.3) is 11.0 Å². The average molecular weight is 261 g/mol. The van der Waals surface area contributed by atoms with Gasteiger partial charge in [0, 0.05) is 13.0 Å². The van der Waals surface area contributed by atoms with Gasteiger partial charge in [-0.25, -0.2) is 0 Å². The van der Waals surface area contributed by atoms with Crippen molar-refractivity contribution in [3.05, 3.63) is 28.5 Å². The van der Waals surface area contributed by atoms with E-state index in [0.717, 1.165) is 22.2 Å². The van der Waals surface area contributed by atoms with Gasteiger partial charge in [0.25, 0.3) is 0 Å². The fraction of sp³-hybridized carbons (Fsp3) is 0.385. The number of hydrogen-bond donors (Lipinski definition) is 2. The summed E-state index contributed by atoms with van der Waals surface area (Å²) < 4.78 is 2.89. The Labute approximate surface area is 110 Å². The fourth-order valence-corrected chi connectivity index (χ4v) is 3.00. The first kappa shape index (κ1) is 11.5. The summed E-state index contributed by atoms with van der Waals surface area (Å²) >= 11 is 5.42. The van der Waals surface area contributed by atoms with Gasteiger partial charge in [0.1, 0.15) is 0 Å². The molecule has 3 rings (SSSR count). The first-order chi connectivity index (χ1) is 8.66. The lowest BCUT2D eigenvalue weighted by Gasteiger charge is -2.24. The minimum absolute atomic E-state index is 0.134. The van der Waals surface area contributed by atoms with E-state index in [1.807, 2.05) is 12.1 Å². The third-order valence-corrected chi connectivity index (χ3v) is 3.84. The van der Waals surface area contributed by atoms with Gasteiger partial charge in [-0.1, -0.05) is 12.1 Å². The van der Waals surface area contributed by atoms with Gasteiger partial charge in [-0.3, -0.25) is 4.79 Å². The highest BCUT2D eigenvalue weighted by Crippen LogP contribution is 2.26. The van der Waals surface area contributed by atoms with Crippen LogP contribution in [0.3, 0.4) is 0 Å². The molecule has 1 fully saturated rings. The predicted octanol–water partition coefficient (Wildman–Crippen LogP) is 2.46. The molecule has 2 heterocycles. The fourth-order valence-electron chi connectivity index (χ4n) is 2.65. The number of aromatic amines is 1. The van der Waals surface area contributed by atoms with E-state index in [1.165, 1.54) is 5.56 Å². The number of aromatic nitrogens is 2. The van der Waals surface area contributed by atoms with Crippen LogP contribution in [0.15, 0.2) is 18.2 Å². The normalized spacial score (nSPS) is 20.1. The number of para-hydroxylation sites is 1. The average Bonchev–Trinajstić information content (AvgIpc) is 2.68. The number of H-pyrrole nitrogens is 1. The molecule has 0 spiro atoms. The van der Waals surface area contributed by atoms with Gasteiger partial charge in [-0.2, -0.15) is 0 Å². The van der Waals surface area contributed by atoms with Crippen LogP contribution >= 0.6 is 12.2 Å². The van der Waals surface area contributed by atoms with Crippen molar-refractivity contribution in [2.75, 3.05) is 6.54 Å². The minimum Gasteiger partial charge on any atom is -0.354 e. The molecule has 1 unspecified atom stereocenters. The number of carbonyl (C=O) groups excluding carboxylic acids is 1. The van der Waals surface area contributed by atoms with E-state index < -0.39 is 0 Å². The van der Waals surface area contributed by atoms with Crippen LogP contribution in [-0.2, 0) is 4.79 Å². The molecular formula is C13H15N3OS. The Bertz CT molecular complexity index is 660. The van der Waals surface area contributed by atoms with Crippen molar-refractivity contribution in [2.24, 2.45) is 0 Å². The maximum Gasteiger partial charge on any atom is 0.220 e. The third-order valence-electron chi connectivity index (χ3n) is 3.54. The van der Waals surface area contributed by atoms with Crippen LogP contribution in [0, 0.1) is 11.7 Å². The van der Waals surface area contributed by atoms with Gasteiger partial charge in [-0.05, 0) is 37.2 Å². The zero-order valence-electron chi connectivity index (χ0n) is 10.2. The summed E-state index contributed by atoms with van der Waals surface area (Å²) in [6.07, 6.45) is 1.42. The number of imidazole rings is 1. The van der Waals surface area contributed by atoms with Crippen LogP contribution in [0.4, 0.5) is 0 Å². The van der Waals surface area contributed by atoms with Gasteiger partial charge < -0.3 is 14.9 Å². The lowest BCUT2D eigenvalue weighted by Crippen LogP contribution is -2.36. The molecule has 1 aliphatic heterocycles. The van der Waals surface area contributed by atoms with Gasteiger partial charge in [0.05, 0.1) is 17.1 Å². The molecule has 0 aliphatic carbocycles. The van der Waals surface area contributed by atoms with Crippen molar-refractivity contribution in [1.82, 2.24) is 14.9 Å². The monoisotopic (exact) mass is 261 g/mol. The summed E-state index contributed by atoms with van der Waals surface area (Å²) in [6, 6.07) is 6.40. The van der Waals surface area contributed by atoms with Gasteiger partial charge >= 0.3 is 0 Å². The molecule has 1 aromatic carbocycles. The Morgan fingerprint density at radius 1 is 1.44 bits per heavy atom. The van der Waals surface area contributed by atoms with Crippen LogP contribution in [-0.4, -0.2) is 22.0 Å². The van der Waals surface area contributed by atoms with E-state index in [0.29, 0.717) is 13.0 Å². The van der Waals surface area contributed by atoms with Crippen molar-refractivity contribution >= 4 is 29.2 Å². The number of piperidine rings is 1. The lowest BCUT2D eigenvalue weighted by molar-refractivity contribution is -0.122. The molecule has 5 heteroatoms. The molecule has 2 aromatic rings. The Balaban J connectivity index is 2.14.